The lowest BCUT2D eigenvalue weighted by atomic mass is 9.73. The van der Waals surface area contributed by atoms with Crippen molar-refractivity contribution < 1.29 is 58.5 Å². The first kappa shape index (κ1) is 45.6. The van der Waals surface area contributed by atoms with Crippen LogP contribution in [0, 0.1) is 17.8 Å². The van der Waals surface area contributed by atoms with E-state index in [0.717, 1.165) is 0 Å². The molecule has 0 saturated heterocycles. The van der Waals surface area contributed by atoms with Crippen molar-refractivity contribution in [1.82, 2.24) is 31.9 Å². The molecule has 1 fully saturated rings. The average Bonchev–Trinajstić information content (AvgIpc) is 3.23. The molecule has 1 aliphatic rings. The van der Waals surface area contributed by atoms with Crippen molar-refractivity contribution in [2.75, 3.05) is 19.6 Å². The third-order valence-electron chi connectivity index (χ3n) is 9.81. The fraction of sp³-hybridized carbons (Fsp3) is 0.357. The second-order valence-electron chi connectivity index (χ2n) is 14.4. The van der Waals surface area contributed by atoms with E-state index in [1.807, 2.05) is 0 Å². The fourth-order valence-corrected chi connectivity index (χ4v) is 6.86. The van der Waals surface area contributed by atoms with E-state index in [9.17, 15) is 43.2 Å². The molecule has 18 nitrogen and oxygen atoms in total. The average molecular weight is 829 g/mol. The van der Waals surface area contributed by atoms with Crippen LogP contribution in [0.15, 0.2) is 91.0 Å². The highest BCUT2D eigenvalue weighted by atomic mass is 16.4. The molecular formula is C42H48N6O12. The normalized spacial score (nSPS) is 17.3. The third kappa shape index (κ3) is 15.0. The minimum Gasteiger partial charge on any atom is -0.480 e. The first-order valence-corrected chi connectivity index (χ1v) is 19.2. The van der Waals surface area contributed by atoms with Crippen LogP contribution in [0.25, 0.3) is 0 Å². The van der Waals surface area contributed by atoms with E-state index in [4.69, 9.17) is 15.3 Å². The van der Waals surface area contributed by atoms with Gasteiger partial charge in [0.25, 0.3) is 0 Å². The topological polar surface area (TPSA) is 286 Å². The minimum atomic E-state index is -1.31. The summed E-state index contributed by atoms with van der Waals surface area (Å²) in [6.07, 6.45) is -0.555. The predicted octanol–water partition coefficient (Wildman–Crippen LogP) is -0.196. The van der Waals surface area contributed by atoms with Crippen LogP contribution in [0.3, 0.4) is 0 Å². The second kappa shape index (κ2) is 22.7. The summed E-state index contributed by atoms with van der Waals surface area (Å²) in [7, 11) is 0. The number of hydrogen-bond donors (Lipinski definition) is 9. The summed E-state index contributed by atoms with van der Waals surface area (Å²) in [6.45, 7) is -2.16. The van der Waals surface area contributed by atoms with Crippen LogP contribution in [0.1, 0.15) is 36.0 Å². The lowest BCUT2D eigenvalue weighted by Gasteiger charge is -2.35. The molecule has 9 N–H and O–H groups in total. The van der Waals surface area contributed by atoms with Crippen LogP contribution in [0.5, 0.6) is 0 Å². The SMILES string of the molecule is O=C(O)CNC(=O)C(Cc1ccccc1)NC(=O)C1CC(C(=O)NC(Cc2ccccc2)C(=O)NCC(=O)O)CC(C(=O)NC(Cc2ccccc2)C(=O)NCC(=O)O)C1. The molecule has 1 saturated carbocycles. The van der Waals surface area contributed by atoms with Crippen molar-refractivity contribution in [3.05, 3.63) is 108 Å². The Labute approximate surface area is 344 Å². The molecule has 3 aromatic rings. The van der Waals surface area contributed by atoms with Gasteiger partial charge in [-0.15, -0.1) is 0 Å². The van der Waals surface area contributed by atoms with Crippen molar-refractivity contribution >= 4 is 53.4 Å². The van der Waals surface area contributed by atoms with E-state index in [2.05, 4.69) is 31.9 Å². The highest BCUT2D eigenvalue weighted by Crippen LogP contribution is 2.35. The molecule has 0 aromatic heterocycles. The van der Waals surface area contributed by atoms with Gasteiger partial charge in [-0.2, -0.15) is 0 Å². The number of aliphatic carboxylic acids is 3. The van der Waals surface area contributed by atoms with Gasteiger partial charge in [0.15, 0.2) is 0 Å². The molecule has 60 heavy (non-hydrogen) atoms. The van der Waals surface area contributed by atoms with Crippen molar-refractivity contribution in [3.63, 3.8) is 0 Å². The van der Waals surface area contributed by atoms with E-state index in [1.54, 1.807) is 91.0 Å². The monoisotopic (exact) mass is 828 g/mol. The molecule has 0 spiro atoms. The van der Waals surface area contributed by atoms with E-state index in [0.29, 0.717) is 16.7 Å². The van der Waals surface area contributed by atoms with E-state index in [1.165, 1.54) is 0 Å². The molecule has 0 bridgehead atoms. The zero-order valence-electron chi connectivity index (χ0n) is 32.5. The number of carbonyl (C=O) groups is 9. The fourth-order valence-electron chi connectivity index (χ4n) is 6.86. The second-order valence-corrected chi connectivity index (χ2v) is 14.4. The van der Waals surface area contributed by atoms with Gasteiger partial charge in [0, 0.05) is 37.0 Å². The molecule has 0 radical (unpaired) electrons. The third-order valence-corrected chi connectivity index (χ3v) is 9.81. The number of nitrogens with one attached hydrogen (secondary N) is 6. The number of carboxylic acid groups (broad SMARTS) is 3. The van der Waals surface area contributed by atoms with Gasteiger partial charge >= 0.3 is 17.9 Å². The van der Waals surface area contributed by atoms with Gasteiger partial charge in [-0.3, -0.25) is 43.2 Å². The Balaban J connectivity index is 1.63. The largest absolute Gasteiger partial charge is 0.480 e. The zero-order valence-corrected chi connectivity index (χ0v) is 32.5. The van der Waals surface area contributed by atoms with Gasteiger partial charge in [-0.05, 0) is 36.0 Å². The Bertz CT molecular complexity index is 1770. The Kier molecular flexibility index (Phi) is 17.3. The van der Waals surface area contributed by atoms with Crippen LogP contribution < -0.4 is 31.9 Å². The highest BCUT2D eigenvalue weighted by Gasteiger charge is 2.41. The van der Waals surface area contributed by atoms with Gasteiger partial charge < -0.3 is 47.2 Å². The van der Waals surface area contributed by atoms with Crippen molar-refractivity contribution in [1.29, 1.82) is 0 Å². The van der Waals surface area contributed by atoms with Crippen LogP contribution in [-0.2, 0) is 62.4 Å². The van der Waals surface area contributed by atoms with E-state index >= 15 is 0 Å². The van der Waals surface area contributed by atoms with Crippen LogP contribution in [0.2, 0.25) is 0 Å². The summed E-state index contributed by atoms with van der Waals surface area (Å²) in [5.41, 5.74) is 1.92. The number of hydrogen-bond acceptors (Lipinski definition) is 9. The van der Waals surface area contributed by atoms with Gasteiger partial charge in [-0.25, -0.2) is 0 Å². The lowest BCUT2D eigenvalue weighted by molar-refractivity contribution is -0.140. The maximum atomic E-state index is 14.1. The highest BCUT2D eigenvalue weighted by molar-refractivity contribution is 5.94. The van der Waals surface area contributed by atoms with Gasteiger partial charge in [0.05, 0.1) is 0 Å². The summed E-state index contributed by atoms with van der Waals surface area (Å²) in [5.74, 6) is -11.8. The molecule has 3 atom stereocenters. The molecule has 0 heterocycles. The number of rotatable bonds is 21. The minimum absolute atomic E-state index is 0.0299. The number of carbonyl (C=O) groups excluding carboxylic acids is 6. The summed E-state index contributed by atoms with van der Waals surface area (Å²) >= 11 is 0. The molecule has 3 aromatic carbocycles. The predicted molar refractivity (Wildman–Crippen MR) is 212 cm³/mol. The lowest BCUT2D eigenvalue weighted by Crippen LogP contribution is -2.55. The maximum Gasteiger partial charge on any atom is 0.322 e. The Morgan fingerprint density at radius 3 is 0.867 bits per heavy atom. The Morgan fingerprint density at radius 2 is 0.650 bits per heavy atom. The van der Waals surface area contributed by atoms with Crippen molar-refractivity contribution in [3.8, 4) is 0 Å². The van der Waals surface area contributed by atoms with E-state index < -0.39 is 109 Å². The zero-order chi connectivity index (χ0) is 43.6. The Hall–Kier alpha value is -7.11. The molecular weight excluding hydrogens is 780 g/mol. The summed E-state index contributed by atoms with van der Waals surface area (Å²) in [4.78, 5) is 116. The standard InChI is InChI=1S/C42H48N6O12/c49-34(50)22-43-40(58)31(16-25-10-4-1-5-11-25)46-37(55)28-19-29(38(56)47-32(41(59)44-23-35(51)52)17-26-12-6-2-7-13-26)21-30(20-28)39(57)48-33(42(60)45-24-36(53)54)18-27-14-8-3-9-15-27/h1-15,28-33H,16-24H2,(H,43,58)(H,44,59)(H,45,60)(H,46,55)(H,47,56)(H,48,57)(H,49,50)(H,51,52)(H,53,54). The first-order chi connectivity index (χ1) is 28.7. The molecule has 1 aliphatic carbocycles. The molecule has 18 heteroatoms. The van der Waals surface area contributed by atoms with Crippen molar-refractivity contribution in [2.24, 2.45) is 17.8 Å². The molecule has 0 aliphatic heterocycles. The summed E-state index contributed by atoms with van der Waals surface area (Å²) in [5, 5.41) is 42.3. The van der Waals surface area contributed by atoms with Crippen molar-refractivity contribution in [2.45, 2.75) is 56.7 Å². The first-order valence-electron chi connectivity index (χ1n) is 19.2. The van der Waals surface area contributed by atoms with Gasteiger partial charge in [0.1, 0.15) is 37.8 Å². The molecule has 318 valence electrons. The maximum absolute atomic E-state index is 14.1. The van der Waals surface area contributed by atoms with Crippen LogP contribution in [-0.4, -0.2) is 106 Å². The van der Waals surface area contributed by atoms with Crippen LogP contribution in [0.4, 0.5) is 0 Å². The molecule has 4 rings (SSSR count). The smallest absolute Gasteiger partial charge is 0.322 e. The Morgan fingerprint density at radius 1 is 0.417 bits per heavy atom. The van der Waals surface area contributed by atoms with E-state index in [-0.39, 0.29) is 38.5 Å². The van der Waals surface area contributed by atoms with Crippen LogP contribution >= 0.6 is 0 Å². The number of carboxylic acids is 3. The quantitative estimate of drug-likeness (QED) is 0.0676. The number of benzene rings is 3. The molecule has 3 unspecified atom stereocenters. The summed E-state index contributed by atoms with van der Waals surface area (Å²) in [6, 6.07) is 22.0. The van der Waals surface area contributed by atoms with Gasteiger partial charge in [0.2, 0.25) is 35.4 Å². The summed E-state index contributed by atoms with van der Waals surface area (Å²) < 4.78 is 0. The number of amides is 6. The molecule has 6 amide bonds. The van der Waals surface area contributed by atoms with Gasteiger partial charge in [-0.1, -0.05) is 91.0 Å².